The molecule has 0 bridgehead atoms. The number of benzene rings is 1. The Morgan fingerprint density at radius 1 is 1.28 bits per heavy atom. The van der Waals surface area contributed by atoms with Crippen LogP contribution < -0.4 is 5.32 Å². The van der Waals surface area contributed by atoms with Gasteiger partial charge in [-0.05, 0) is 42.8 Å². The summed E-state index contributed by atoms with van der Waals surface area (Å²) in [5, 5.41) is 4.03. The minimum absolute atomic E-state index is 0.252. The molecule has 0 radical (unpaired) electrons. The lowest BCUT2D eigenvalue weighted by molar-refractivity contribution is -0.120. The van der Waals surface area contributed by atoms with Crippen LogP contribution in [0.3, 0.4) is 0 Å². The van der Waals surface area contributed by atoms with Crippen LogP contribution in [0.1, 0.15) is 32.6 Å². The number of hydrogen-bond acceptors (Lipinski definition) is 3. The maximum absolute atomic E-state index is 12.7. The van der Waals surface area contributed by atoms with Crippen LogP contribution in [0, 0.1) is 0 Å². The first-order valence-electron chi connectivity index (χ1n) is 8.76. The van der Waals surface area contributed by atoms with Crippen LogP contribution in [0.15, 0.2) is 30.5 Å². The Morgan fingerprint density at radius 3 is 2.80 bits per heavy atom. The summed E-state index contributed by atoms with van der Waals surface area (Å²) in [6.45, 7) is 3.46. The van der Waals surface area contributed by atoms with Crippen molar-refractivity contribution < 1.29 is 13.2 Å². The molecule has 1 aromatic heterocycles. The molecule has 1 amide bonds. The first kappa shape index (κ1) is 17.9. The Labute approximate surface area is 148 Å². The highest BCUT2D eigenvalue weighted by molar-refractivity contribution is 7.88. The molecule has 0 saturated carbocycles. The molecule has 1 saturated heterocycles. The van der Waals surface area contributed by atoms with E-state index in [1.54, 1.807) is 0 Å². The number of fused-ring (bicyclic) bond motifs is 1. The Bertz CT molecular complexity index is 873. The van der Waals surface area contributed by atoms with Crippen molar-refractivity contribution in [2.24, 2.45) is 0 Å². The zero-order valence-corrected chi connectivity index (χ0v) is 15.6. The summed E-state index contributed by atoms with van der Waals surface area (Å²) in [5.41, 5.74) is 1.77. The zero-order chi connectivity index (χ0) is 18.0. The quantitative estimate of drug-likeness (QED) is 0.888. The summed E-state index contributed by atoms with van der Waals surface area (Å²) < 4.78 is 27.4. The first-order valence-corrected chi connectivity index (χ1v) is 10.6. The van der Waals surface area contributed by atoms with Gasteiger partial charge in [0.1, 0.15) is 6.04 Å². The number of rotatable bonds is 5. The summed E-state index contributed by atoms with van der Waals surface area (Å²) in [5.74, 6) is -0.252. The van der Waals surface area contributed by atoms with E-state index in [1.165, 1.54) is 10.6 Å². The first-order chi connectivity index (χ1) is 11.9. The number of aromatic nitrogens is 1. The standard InChI is InChI=1S/C18H25N3O3S/c1-3-10-20-12-9-14-7-8-15(13-17(14)20)19-18(22)16-6-4-5-11-21(16)25(2,23)24/h7-9,12-13,16H,3-6,10-11H2,1-2H3,(H,19,22). The second-order valence-corrected chi connectivity index (χ2v) is 8.59. The lowest BCUT2D eigenvalue weighted by atomic mass is 10.0. The molecule has 7 heteroatoms. The topological polar surface area (TPSA) is 71.4 Å². The van der Waals surface area contributed by atoms with Crippen molar-refractivity contribution in [2.75, 3.05) is 18.1 Å². The van der Waals surface area contributed by atoms with Gasteiger partial charge in [-0.25, -0.2) is 8.42 Å². The van der Waals surface area contributed by atoms with Crippen molar-refractivity contribution in [3.8, 4) is 0 Å². The number of aryl methyl sites for hydroxylation is 1. The fourth-order valence-electron chi connectivity index (χ4n) is 3.49. The summed E-state index contributed by atoms with van der Waals surface area (Å²) in [6.07, 6.45) is 6.48. The number of nitrogens with zero attached hydrogens (tertiary/aromatic N) is 2. The Balaban J connectivity index is 1.82. The lowest BCUT2D eigenvalue weighted by Gasteiger charge is -2.32. The van der Waals surface area contributed by atoms with E-state index < -0.39 is 16.1 Å². The Morgan fingerprint density at radius 2 is 2.08 bits per heavy atom. The van der Waals surface area contributed by atoms with Gasteiger partial charge in [-0.1, -0.05) is 19.4 Å². The molecule has 2 heterocycles. The number of amides is 1. The van der Waals surface area contributed by atoms with Crippen molar-refractivity contribution in [3.63, 3.8) is 0 Å². The predicted octanol–water partition coefficient (Wildman–Crippen LogP) is 2.80. The monoisotopic (exact) mass is 363 g/mol. The predicted molar refractivity (Wildman–Crippen MR) is 100 cm³/mol. The van der Waals surface area contributed by atoms with Crippen LogP contribution in [0.4, 0.5) is 5.69 Å². The van der Waals surface area contributed by atoms with E-state index in [4.69, 9.17) is 0 Å². The summed E-state index contributed by atoms with van der Waals surface area (Å²) in [4.78, 5) is 12.7. The third kappa shape index (κ3) is 3.88. The summed E-state index contributed by atoms with van der Waals surface area (Å²) in [7, 11) is -3.38. The lowest BCUT2D eigenvalue weighted by Crippen LogP contribution is -2.49. The van der Waals surface area contributed by atoms with E-state index in [9.17, 15) is 13.2 Å². The Hall–Kier alpha value is -1.86. The summed E-state index contributed by atoms with van der Waals surface area (Å²) >= 11 is 0. The molecule has 2 aromatic rings. The molecule has 1 fully saturated rings. The van der Waals surface area contributed by atoms with Crippen LogP contribution in [-0.4, -0.2) is 42.0 Å². The largest absolute Gasteiger partial charge is 0.347 e. The molecule has 0 spiro atoms. The fourth-order valence-corrected chi connectivity index (χ4v) is 4.61. The minimum atomic E-state index is -3.38. The molecule has 6 nitrogen and oxygen atoms in total. The van der Waals surface area contributed by atoms with Gasteiger partial charge in [-0.2, -0.15) is 4.31 Å². The third-order valence-electron chi connectivity index (χ3n) is 4.69. The number of hydrogen-bond donors (Lipinski definition) is 1. The molecule has 1 aliphatic heterocycles. The van der Waals surface area contributed by atoms with E-state index in [0.717, 1.165) is 36.7 Å². The van der Waals surface area contributed by atoms with Crippen molar-refractivity contribution in [1.29, 1.82) is 0 Å². The van der Waals surface area contributed by atoms with E-state index in [0.29, 0.717) is 18.7 Å². The van der Waals surface area contributed by atoms with Gasteiger partial charge in [0.25, 0.3) is 0 Å². The SMILES string of the molecule is CCCn1ccc2ccc(NC(=O)C3CCCCN3S(C)(=O)=O)cc21. The minimum Gasteiger partial charge on any atom is -0.347 e. The van der Waals surface area contributed by atoms with Crippen molar-refractivity contribution in [2.45, 2.75) is 45.2 Å². The number of nitrogens with one attached hydrogen (secondary N) is 1. The third-order valence-corrected chi connectivity index (χ3v) is 5.98. The van der Waals surface area contributed by atoms with E-state index in [1.807, 2.05) is 24.4 Å². The Kier molecular flexibility index (Phi) is 5.15. The van der Waals surface area contributed by atoms with Gasteiger partial charge in [0.15, 0.2) is 0 Å². The number of piperidine rings is 1. The molecule has 3 rings (SSSR count). The second-order valence-electron chi connectivity index (χ2n) is 6.66. The molecule has 0 aliphatic carbocycles. The van der Waals surface area contributed by atoms with Gasteiger partial charge in [0.2, 0.25) is 15.9 Å². The van der Waals surface area contributed by atoms with E-state index in [-0.39, 0.29) is 5.91 Å². The number of carbonyl (C=O) groups excluding carboxylic acids is 1. The zero-order valence-electron chi connectivity index (χ0n) is 14.7. The van der Waals surface area contributed by atoms with Gasteiger partial charge in [0, 0.05) is 25.0 Å². The average molecular weight is 363 g/mol. The summed E-state index contributed by atoms with van der Waals surface area (Å²) in [6, 6.07) is 7.23. The van der Waals surface area contributed by atoms with Crippen LogP contribution in [0.5, 0.6) is 0 Å². The molecule has 1 aromatic carbocycles. The molecule has 25 heavy (non-hydrogen) atoms. The normalized spacial score (nSPS) is 19.2. The molecular weight excluding hydrogens is 338 g/mol. The molecule has 1 unspecified atom stereocenters. The fraction of sp³-hybridized carbons (Fsp3) is 0.500. The smallest absolute Gasteiger partial charge is 0.242 e. The van der Waals surface area contributed by atoms with Gasteiger partial charge in [0.05, 0.1) is 11.8 Å². The van der Waals surface area contributed by atoms with Crippen molar-refractivity contribution >= 4 is 32.5 Å². The molecule has 136 valence electrons. The van der Waals surface area contributed by atoms with Crippen LogP contribution >= 0.6 is 0 Å². The van der Waals surface area contributed by atoms with Gasteiger partial charge in [-0.15, -0.1) is 0 Å². The van der Waals surface area contributed by atoms with Crippen LogP contribution in [0.25, 0.3) is 10.9 Å². The van der Waals surface area contributed by atoms with Crippen molar-refractivity contribution in [1.82, 2.24) is 8.87 Å². The van der Waals surface area contributed by atoms with Crippen LogP contribution in [0.2, 0.25) is 0 Å². The van der Waals surface area contributed by atoms with E-state index >= 15 is 0 Å². The van der Waals surface area contributed by atoms with Gasteiger partial charge < -0.3 is 9.88 Å². The average Bonchev–Trinajstić information content (AvgIpc) is 2.97. The number of carbonyl (C=O) groups is 1. The highest BCUT2D eigenvalue weighted by Crippen LogP contribution is 2.24. The maximum atomic E-state index is 12.7. The van der Waals surface area contributed by atoms with Gasteiger partial charge in [-0.3, -0.25) is 4.79 Å². The number of sulfonamides is 1. The van der Waals surface area contributed by atoms with Crippen LogP contribution in [-0.2, 0) is 21.4 Å². The van der Waals surface area contributed by atoms with Crippen molar-refractivity contribution in [3.05, 3.63) is 30.5 Å². The highest BCUT2D eigenvalue weighted by Gasteiger charge is 2.34. The molecule has 1 N–H and O–H groups in total. The molecular formula is C18H25N3O3S. The number of anilines is 1. The maximum Gasteiger partial charge on any atom is 0.242 e. The highest BCUT2D eigenvalue weighted by atomic mass is 32.2. The molecule has 1 aliphatic rings. The molecule has 1 atom stereocenters. The van der Waals surface area contributed by atoms with Gasteiger partial charge >= 0.3 is 0 Å². The van der Waals surface area contributed by atoms with E-state index in [2.05, 4.69) is 22.9 Å². The second kappa shape index (κ2) is 7.17.